The summed E-state index contributed by atoms with van der Waals surface area (Å²) in [6.07, 6.45) is 1.27. The molecule has 1 aliphatic heterocycles. The molecular weight excluding hydrogens is 228 g/mol. The number of hydrogen-bond acceptors (Lipinski definition) is 4. The first-order chi connectivity index (χ1) is 8.51. The molecule has 108 valence electrons. The molecule has 1 heterocycles. The normalized spacial score (nSPS) is 19.3. The lowest BCUT2D eigenvalue weighted by Crippen LogP contribution is -2.47. The van der Waals surface area contributed by atoms with Crippen LogP contribution in [0.15, 0.2) is 0 Å². The molecule has 0 aromatic rings. The zero-order valence-corrected chi connectivity index (χ0v) is 12.3. The van der Waals surface area contributed by atoms with E-state index in [1.165, 1.54) is 26.1 Å². The average Bonchev–Trinajstić information content (AvgIpc) is 2.33. The van der Waals surface area contributed by atoms with Crippen molar-refractivity contribution in [3.8, 4) is 0 Å². The van der Waals surface area contributed by atoms with Gasteiger partial charge >= 0.3 is 0 Å². The summed E-state index contributed by atoms with van der Waals surface area (Å²) < 4.78 is 5.30. The van der Waals surface area contributed by atoms with Crippen LogP contribution in [0.5, 0.6) is 0 Å². The summed E-state index contributed by atoms with van der Waals surface area (Å²) in [5, 5.41) is 8.62. The second-order valence-electron chi connectivity index (χ2n) is 6.33. The van der Waals surface area contributed by atoms with E-state index in [0.29, 0.717) is 12.0 Å². The van der Waals surface area contributed by atoms with Crippen LogP contribution in [0.2, 0.25) is 0 Å². The molecule has 0 amide bonds. The van der Waals surface area contributed by atoms with Crippen molar-refractivity contribution in [2.24, 2.45) is 5.41 Å². The van der Waals surface area contributed by atoms with Gasteiger partial charge in [0, 0.05) is 32.7 Å². The van der Waals surface area contributed by atoms with Crippen LogP contribution >= 0.6 is 0 Å². The van der Waals surface area contributed by atoms with Gasteiger partial charge in [0.2, 0.25) is 0 Å². The molecule has 0 spiro atoms. The van der Waals surface area contributed by atoms with E-state index in [2.05, 4.69) is 30.6 Å². The number of ether oxygens (including phenoxy) is 1. The maximum atomic E-state index is 8.62. The molecule has 0 radical (unpaired) electrons. The second kappa shape index (κ2) is 8.10. The maximum Gasteiger partial charge on any atom is 0.0698 e. The van der Waals surface area contributed by atoms with Crippen molar-refractivity contribution in [1.82, 2.24) is 9.80 Å². The topological polar surface area (TPSA) is 35.9 Å². The fraction of sp³-hybridized carbons (Fsp3) is 1.00. The molecule has 0 saturated carbocycles. The van der Waals surface area contributed by atoms with E-state index < -0.39 is 0 Å². The SMILES string of the molecule is CC(C)(C)CCN1CCN(CCOCCO)CC1. The average molecular weight is 258 g/mol. The van der Waals surface area contributed by atoms with Gasteiger partial charge in [-0.3, -0.25) is 4.90 Å². The van der Waals surface area contributed by atoms with Crippen LogP contribution in [-0.4, -0.2) is 74.0 Å². The highest BCUT2D eigenvalue weighted by molar-refractivity contribution is 4.73. The van der Waals surface area contributed by atoms with Gasteiger partial charge in [-0.25, -0.2) is 0 Å². The first-order valence-electron chi connectivity index (χ1n) is 7.14. The predicted molar refractivity (Wildman–Crippen MR) is 74.9 cm³/mol. The molecule has 4 nitrogen and oxygen atoms in total. The van der Waals surface area contributed by atoms with Gasteiger partial charge in [0.1, 0.15) is 0 Å². The van der Waals surface area contributed by atoms with Crippen LogP contribution in [0.4, 0.5) is 0 Å². The summed E-state index contributed by atoms with van der Waals surface area (Å²) in [5.74, 6) is 0. The molecule has 1 saturated heterocycles. The van der Waals surface area contributed by atoms with E-state index in [-0.39, 0.29) is 6.61 Å². The fourth-order valence-electron chi connectivity index (χ4n) is 2.09. The number of hydrogen-bond donors (Lipinski definition) is 1. The third-order valence-electron chi connectivity index (χ3n) is 3.43. The van der Waals surface area contributed by atoms with Gasteiger partial charge in [-0.1, -0.05) is 20.8 Å². The summed E-state index contributed by atoms with van der Waals surface area (Å²) in [6, 6.07) is 0. The highest BCUT2D eigenvalue weighted by Gasteiger charge is 2.18. The number of nitrogens with zero attached hydrogens (tertiary/aromatic N) is 2. The lowest BCUT2D eigenvalue weighted by molar-refractivity contribution is 0.0559. The maximum absolute atomic E-state index is 8.62. The first-order valence-corrected chi connectivity index (χ1v) is 7.14. The van der Waals surface area contributed by atoms with E-state index >= 15 is 0 Å². The Bertz CT molecular complexity index is 208. The number of rotatable bonds is 7. The summed E-state index contributed by atoms with van der Waals surface area (Å²) >= 11 is 0. The molecule has 0 aromatic carbocycles. The van der Waals surface area contributed by atoms with Gasteiger partial charge in [-0.15, -0.1) is 0 Å². The summed E-state index contributed by atoms with van der Waals surface area (Å²) in [6.45, 7) is 15.1. The van der Waals surface area contributed by atoms with Crippen LogP contribution in [0.25, 0.3) is 0 Å². The molecule has 1 aliphatic rings. The van der Waals surface area contributed by atoms with E-state index in [1.807, 2.05) is 0 Å². The summed E-state index contributed by atoms with van der Waals surface area (Å²) in [4.78, 5) is 5.02. The largest absolute Gasteiger partial charge is 0.394 e. The number of aliphatic hydroxyl groups excluding tert-OH is 1. The summed E-state index contributed by atoms with van der Waals surface area (Å²) in [5.41, 5.74) is 0.440. The van der Waals surface area contributed by atoms with Gasteiger partial charge in [-0.2, -0.15) is 0 Å². The predicted octanol–water partition coefficient (Wildman–Crippen LogP) is 1.05. The molecule has 18 heavy (non-hydrogen) atoms. The zero-order chi connectivity index (χ0) is 13.4. The minimum atomic E-state index is 0.126. The van der Waals surface area contributed by atoms with Crippen molar-refractivity contribution in [2.75, 3.05) is 59.1 Å². The molecule has 1 N–H and O–H groups in total. The van der Waals surface area contributed by atoms with Gasteiger partial charge in [0.15, 0.2) is 0 Å². The third-order valence-corrected chi connectivity index (χ3v) is 3.43. The van der Waals surface area contributed by atoms with Crippen molar-refractivity contribution in [1.29, 1.82) is 0 Å². The van der Waals surface area contributed by atoms with Crippen LogP contribution in [0.3, 0.4) is 0 Å². The minimum Gasteiger partial charge on any atom is -0.394 e. The molecule has 0 aromatic heterocycles. The summed E-state index contributed by atoms with van der Waals surface area (Å²) in [7, 11) is 0. The Labute approximate surface area is 112 Å². The van der Waals surface area contributed by atoms with Crippen molar-refractivity contribution < 1.29 is 9.84 Å². The molecule has 0 aliphatic carbocycles. The standard InChI is InChI=1S/C14H30N2O2/c1-14(2,3)4-5-15-6-8-16(9-7-15)10-12-18-13-11-17/h17H,4-13H2,1-3H3. The van der Waals surface area contributed by atoms with Crippen molar-refractivity contribution in [3.05, 3.63) is 0 Å². The van der Waals surface area contributed by atoms with Gasteiger partial charge in [-0.05, 0) is 18.4 Å². The third kappa shape index (κ3) is 7.31. The lowest BCUT2D eigenvalue weighted by Gasteiger charge is -2.35. The molecule has 1 rings (SSSR count). The minimum absolute atomic E-state index is 0.126. The Morgan fingerprint density at radius 1 is 0.944 bits per heavy atom. The lowest BCUT2D eigenvalue weighted by atomic mass is 9.92. The molecule has 0 atom stereocenters. The first kappa shape index (κ1) is 15.9. The van der Waals surface area contributed by atoms with Crippen molar-refractivity contribution >= 4 is 0 Å². The highest BCUT2D eigenvalue weighted by Crippen LogP contribution is 2.19. The Hall–Kier alpha value is -0.160. The second-order valence-corrected chi connectivity index (χ2v) is 6.33. The van der Waals surface area contributed by atoms with Crippen LogP contribution in [-0.2, 0) is 4.74 Å². The van der Waals surface area contributed by atoms with E-state index in [1.54, 1.807) is 0 Å². The van der Waals surface area contributed by atoms with Crippen LogP contribution in [0.1, 0.15) is 27.2 Å². The molecule has 1 fully saturated rings. The van der Waals surface area contributed by atoms with E-state index in [9.17, 15) is 0 Å². The number of piperazine rings is 1. The smallest absolute Gasteiger partial charge is 0.0698 e. The van der Waals surface area contributed by atoms with E-state index in [4.69, 9.17) is 9.84 Å². The fourth-order valence-corrected chi connectivity index (χ4v) is 2.09. The Kier molecular flexibility index (Phi) is 7.15. The molecule has 0 unspecified atom stereocenters. The van der Waals surface area contributed by atoms with Crippen molar-refractivity contribution in [3.63, 3.8) is 0 Å². The Morgan fingerprint density at radius 2 is 1.50 bits per heavy atom. The monoisotopic (exact) mass is 258 g/mol. The highest BCUT2D eigenvalue weighted by atomic mass is 16.5. The zero-order valence-electron chi connectivity index (χ0n) is 12.3. The van der Waals surface area contributed by atoms with Crippen LogP contribution < -0.4 is 0 Å². The van der Waals surface area contributed by atoms with Gasteiger partial charge in [0.05, 0.1) is 19.8 Å². The Morgan fingerprint density at radius 3 is 2.00 bits per heavy atom. The number of aliphatic hydroxyl groups is 1. The van der Waals surface area contributed by atoms with Crippen LogP contribution in [0, 0.1) is 5.41 Å². The Balaban J connectivity index is 2.05. The van der Waals surface area contributed by atoms with Gasteiger partial charge < -0.3 is 14.7 Å². The molecule has 0 bridgehead atoms. The quantitative estimate of drug-likeness (QED) is 0.693. The van der Waals surface area contributed by atoms with Crippen molar-refractivity contribution in [2.45, 2.75) is 27.2 Å². The van der Waals surface area contributed by atoms with E-state index in [0.717, 1.165) is 26.2 Å². The van der Waals surface area contributed by atoms with Gasteiger partial charge in [0.25, 0.3) is 0 Å². The molecule has 4 heteroatoms. The molecular formula is C14H30N2O2.